The van der Waals surface area contributed by atoms with Gasteiger partial charge in [0.2, 0.25) is 0 Å². The SMILES string of the molecule is [Gd].[N-]=C=S. The second-order valence-electron chi connectivity index (χ2n) is 0.0913. The van der Waals surface area contributed by atoms with E-state index in [2.05, 4.69) is 12.2 Å². The van der Waals surface area contributed by atoms with Crippen LogP contribution in [-0.4, -0.2) is 5.16 Å². The van der Waals surface area contributed by atoms with Crippen molar-refractivity contribution in [3.05, 3.63) is 5.41 Å². The summed E-state index contributed by atoms with van der Waals surface area (Å²) >= 11 is 3.70. The van der Waals surface area contributed by atoms with Gasteiger partial charge in [0.15, 0.2) is 0 Å². The molecule has 0 rings (SSSR count). The Hall–Kier alpha value is 1.12. The minimum Gasteiger partial charge on any atom is -0.753 e. The first-order chi connectivity index (χ1) is 1.41. The molecule has 0 aliphatic carbocycles. The molecule has 0 atom stereocenters. The summed E-state index contributed by atoms with van der Waals surface area (Å²) in [6, 6.07) is 0. The van der Waals surface area contributed by atoms with Gasteiger partial charge >= 0.3 is 0 Å². The third-order valence-corrected chi connectivity index (χ3v) is 0. The zero-order valence-electron chi connectivity index (χ0n) is 1.71. The minimum absolute atomic E-state index is 0. The average Bonchev–Trinajstić information content (AvgIpc) is 0.918. The molecule has 1 nitrogen and oxygen atoms in total. The van der Waals surface area contributed by atoms with Crippen molar-refractivity contribution < 1.29 is 39.9 Å². The molecular formula is CGdNS-. The average molecular weight is 215 g/mol. The maximum atomic E-state index is 7.13. The van der Waals surface area contributed by atoms with Gasteiger partial charge in [0.1, 0.15) is 0 Å². The van der Waals surface area contributed by atoms with Crippen molar-refractivity contribution in [3.63, 3.8) is 0 Å². The van der Waals surface area contributed by atoms with Crippen molar-refractivity contribution in [2.75, 3.05) is 0 Å². The molecular weight excluding hydrogens is 215 g/mol. The predicted octanol–water partition coefficient (Wildman–Crippen LogP) is 0.659. The monoisotopic (exact) mass is 216 g/mol. The van der Waals surface area contributed by atoms with Crippen LogP contribution in [0, 0.1) is 39.9 Å². The standard InChI is InChI=1S/CNS.Gd/c2-1-3;/q-1;. The van der Waals surface area contributed by atoms with Crippen LogP contribution in [0.15, 0.2) is 0 Å². The molecule has 0 aromatic heterocycles. The van der Waals surface area contributed by atoms with Gasteiger partial charge in [0, 0.05) is 39.9 Å². The molecule has 0 aromatic carbocycles. The maximum absolute atomic E-state index is 7.13. The van der Waals surface area contributed by atoms with E-state index < -0.39 is 0 Å². The van der Waals surface area contributed by atoms with Gasteiger partial charge in [-0.2, -0.15) is 5.16 Å². The van der Waals surface area contributed by atoms with Crippen LogP contribution in [0.25, 0.3) is 5.41 Å². The summed E-state index contributed by atoms with van der Waals surface area (Å²) in [7, 11) is 0. The number of isothiocyanates is 1. The van der Waals surface area contributed by atoms with Gasteiger partial charge in [-0.3, -0.25) is 0 Å². The number of rotatable bonds is 0. The maximum Gasteiger partial charge on any atom is 0 e. The van der Waals surface area contributed by atoms with Gasteiger partial charge < -0.3 is 5.41 Å². The van der Waals surface area contributed by atoms with Gasteiger partial charge in [-0.05, 0) is 0 Å². The molecule has 0 aliphatic rings. The second kappa shape index (κ2) is 8.92. The minimum atomic E-state index is 0. The number of thiocarbonyl (C=S) groups is 1. The van der Waals surface area contributed by atoms with E-state index in [0.29, 0.717) is 0 Å². The number of hydrogen-bond donors (Lipinski definition) is 0. The molecule has 0 saturated heterocycles. The molecule has 0 amide bonds. The third-order valence-electron chi connectivity index (χ3n) is 0. The van der Waals surface area contributed by atoms with E-state index in [1.807, 2.05) is 0 Å². The summed E-state index contributed by atoms with van der Waals surface area (Å²) in [5, 5.41) is 8.47. The Balaban J connectivity index is 0. The largest absolute Gasteiger partial charge is 0.753 e. The fourth-order valence-corrected chi connectivity index (χ4v) is 0. The quantitative estimate of drug-likeness (QED) is 0.430. The molecule has 0 aliphatic heterocycles. The van der Waals surface area contributed by atoms with Crippen molar-refractivity contribution in [2.45, 2.75) is 0 Å². The first kappa shape index (κ1) is 8.93. The number of nitrogens with zero attached hydrogens (tertiary/aromatic N) is 1. The summed E-state index contributed by atoms with van der Waals surface area (Å²) in [6.07, 6.45) is 0. The number of hydrogen-bond acceptors (Lipinski definition) is 1. The van der Waals surface area contributed by atoms with Crippen molar-refractivity contribution in [1.82, 2.24) is 0 Å². The van der Waals surface area contributed by atoms with Crippen molar-refractivity contribution >= 4 is 17.4 Å². The summed E-state index contributed by atoms with van der Waals surface area (Å²) in [6.45, 7) is 0. The smallest absolute Gasteiger partial charge is 0 e. The molecule has 0 heterocycles. The van der Waals surface area contributed by atoms with E-state index in [1.165, 1.54) is 5.16 Å². The summed E-state index contributed by atoms with van der Waals surface area (Å²) in [4.78, 5) is 0. The Bertz CT molecular complexity index is 29.0. The van der Waals surface area contributed by atoms with E-state index in [1.54, 1.807) is 0 Å². The van der Waals surface area contributed by atoms with Gasteiger partial charge in [0.25, 0.3) is 0 Å². The molecule has 24 valence electrons. The van der Waals surface area contributed by atoms with E-state index in [9.17, 15) is 0 Å². The van der Waals surface area contributed by atoms with Crippen LogP contribution < -0.4 is 0 Å². The Kier molecular flexibility index (Phi) is 19.9. The Morgan fingerprint density at radius 2 is 1.75 bits per heavy atom. The van der Waals surface area contributed by atoms with Crippen LogP contribution in [0.5, 0.6) is 0 Å². The summed E-state index contributed by atoms with van der Waals surface area (Å²) in [5.74, 6) is 0. The van der Waals surface area contributed by atoms with Crippen LogP contribution in [0.1, 0.15) is 0 Å². The van der Waals surface area contributed by atoms with Crippen molar-refractivity contribution in [1.29, 1.82) is 0 Å². The normalized spacial score (nSPS) is 2.00. The summed E-state index contributed by atoms with van der Waals surface area (Å²) in [5.41, 5.74) is 0. The first-order valence-electron chi connectivity index (χ1n) is 0.428. The predicted molar refractivity (Wildman–Crippen MR) is 16.0 cm³/mol. The Labute approximate surface area is 62.0 Å². The van der Waals surface area contributed by atoms with Crippen molar-refractivity contribution in [2.24, 2.45) is 0 Å². The fourth-order valence-electron chi connectivity index (χ4n) is 0. The molecule has 0 unspecified atom stereocenters. The molecule has 0 radical (unpaired) electrons. The second-order valence-corrected chi connectivity index (χ2v) is 0.274. The Morgan fingerprint density at radius 1 is 1.75 bits per heavy atom. The first-order valence-corrected chi connectivity index (χ1v) is 0.836. The van der Waals surface area contributed by atoms with E-state index in [-0.39, 0.29) is 39.9 Å². The van der Waals surface area contributed by atoms with Gasteiger partial charge in [-0.1, -0.05) is 12.2 Å². The molecule has 0 bridgehead atoms. The van der Waals surface area contributed by atoms with E-state index in [0.717, 1.165) is 0 Å². The molecule has 0 fully saturated rings. The van der Waals surface area contributed by atoms with Crippen LogP contribution >= 0.6 is 12.2 Å². The molecule has 3 heteroatoms. The molecule has 0 aromatic rings. The van der Waals surface area contributed by atoms with Gasteiger partial charge in [-0.25, -0.2) is 0 Å². The van der Waals surface area contributed by atoms with Gasteiger partial charge in [0.05, 0.1) is 0 Å². The molecule has 0 saturated carbocycles. The van der Waals surface area contributed by atoms with E-state index in [4.69, 9.17) is 5.41 Å². The van der Waals surface area contributed by atoms with Crippen LogP contribution in [0.2, 0.25) is 0 Å². The van der Waals surface area contributed by atoms with Crippen LogP contribution in [0.3, 0.4) is 0 Å². The molecule has 4 heavy (non-hydrogen) atoms. The van der Waals surface area contributed by atoms with Crippen molar-refractivity contribution in [3.8, 4) is 0 Å². The Morgan fingerprint density at radius 3 is 1.75 bits per heavy atom. The van der Waals surface area contributed by atoms with Crippen LogP contribution in [-0.2, 0) is 0 Å². The zero-order chi connectivity index (χ0) is 2.71. The fraction of sp³-hybridized carbons (Fsp3) is 0. The van der Waals surface area contributed by atoms with Gasteiger partial charge in [-0.15, -0.1) is 0 Å². The molecule has 0 spiro atoms. The topological polar surface area (TPSA) is 22.3 Å². The zero-order valence-corrected chi connectivity index (χ0v) is 4.79. The molecule has 0 N–H and O–H groups in total. The van der Waals surface area contributed by atoms with E-state index >= 15 is 0 Å². The van der Waals surface area contributed by atoms with Crippen LogP contribution in [0.4, 0.5) is 0 Å². The summed E-state index contributed by atoms with van der Waals surface area (Å²) < 4.78 is 0. The third kappa shape index (κ3) is 11.2.